The third-order valence-corrected chi connectivity index (χ3v) is 6.98. The molecule has 3 heterocycles. The number of carbonyl (C=O) groups excluding carboxylic acids is 1. The maximum Gasteiger partial charge on any atom is 0.409 e. The van der Waals surface area contributed by atoms with E-state index in [-0.39, 0.29) is 18.0 Å². The quantitative estimate of drug-likeness (QED) is 0.367. The number of anilines is 1. The molecule has 4 rings (SSSR count). The second kappa shape index (κ2) is 11.3. The van der Waals surface area contributed by atoms with Crippen molar-refractivity contribution in [2.45, 2.75) is 32.7 Å². The fourth-order valence-electron chi connectivity index (χ4n) is 4.15. The Balaban J connectivity index is 1.50. The second-order valence-corrected chi connectivity index (χ2v) is 9.54. The van der Waals surface area contributed by atoms with Crippen molar-refractivity contribution in [3.63, 3.8) is 0 Å². The molecule has 0 saturated carbocycles. The maximum atomic E-state index is 13.8. The number of rotatable bonds is 8. The number of methoxy groups -OCH3 is 1. The highest BCUT2D eigenvalue weighted by molar-refractivity contribution is 7.19. The highest BCUT2D eigenvalue weighted by atomic mass is 32.1. The Morgan fingerprint density at radius 2 is 2.14 bits per heavy atom. The number of hydrogen-bond acceptors (Lipinski definition) is 9. The van der Waals surface area contributed by atoms with Gasteiger partial charge in [-0.05, 0) is 38.8 Å². The van der Waals surface area contributed by atoms with Gasteiger partial charge in [-0.1, -0.05) is 0 Å². The zero-order valence-electron chi connectivity index (χ0n) is 20.4. The average molecular weight is 513 g/mol. The molecule has 3 aromatic rings. The molecule has 0 aliphatic carbocycles. The molecule has 9 nitrogen and oxygen atoms in total. The number of fused-ring (bicyclic) bond motifs is 1. The summed E-state index contributed by atoms with van der Waals surface area (Å²) in [5, 5.41) is 14.2. The van der Waals surface area contributed by atoms with E-state index in [2.05, 4.69) is 15.6 Å². The van der Waals surface area contributed by atoms with Gasteiger partial charge in [-0.25, -0.2) is 19.2 Å². The van der Waals surface area contributed by atoms with Gasteiger partial charge in [0.1, 0.15) is 11.6 Å². The van der Waals surface area contributed by atoms with Crippen LogP contribution in [0, 0.1) is 18.2 Å². The predicted molar refractivity (Wildman–Crippen MR) is 139 cm³/mol. The van der Waals surface area contributed by atoms with Crippen LogP contribution in [0.3, 0.4) is 0 Å². The molecule has 1 aromatic carbocycles. The predicted octanol–water partition coefficient (Wildman–Crippen LogP) is 4.93. The van der Waals surface area contributed by atoms with E-state index in [9.17, 15) is 9.18 Å². The minimum Gasteiger partial charge on any atom is -0.496 e. The van der Waals surface area contributed by atoms with Crippen LogP contribution in [-0.2, 0) is 4.74 Å². The summed E-state index contributed by atoms with van der Waals surface area (Å²) in [6.45, 7) is 5.38. The molecule has 1 aliphatic heterocycles. The van der Waals surface area contributed by atoms with Gasteiger partial charge in [-0.15, -0.1) is 11.3 Å². The van der Waals surface area contributed by atoms with Gasteiger partial charge in [0.15, 0.2) is 0 Å². The van der Waals surface area contributed by atoms with Crippen LogP contribution in [0.25, 0.3) is 21.3 Å². The summed E-state index contributed by atoms with van der Waals surface area (Å²) in [6.07, 6.45) is 5.94. The van der Waals surface area contributed by atoms with E-state index in [0.717, 1.165) is 39.1 Å². The Bertz CT molecular complexity index is 1290. The topological polar surface area (TPSA) is 112 Å². The van der Waals surface area contributed by atoms with Crippen LogP contribution in [0.1, 0.15) is 24.6 Å². The van der Waals surface area contributed by atoms with Gasteiger partial charge < -0.3 is 30.4 Å². The van der Waals surface area contributed by atoms with Crippen molar-refractivity contribution in [1.29, 1.82) is 5.41 Å². The molecule has 2 aromatic heterocycles. The zero-order chi connectivity index (χ0) is 25.7. The minimum absolute atomic E-state index is 0.174. The van der Waals surface area contributed by atoms with Crippen LogP contribution in [0.15, 0.2) is 36.3 Å². The van der Waals surface area contributed by atoms with Gasteiger partial charge in [-0.2, -0.15) is 0 Å². The number of ether oxygens (including phenoxy) is 2. The zero-order valence-corrected chi connectivity index (χ0v) is 21.2. The first-order valence-electron chi connectivity index (χ1n) is 11.7. The third-order valence-electron chi connectivity index (χ3n) is 5.95. The molecule has 190 valence electrons. The number of likely N-dealkylation sites (tertiary alicyclic amines) is 1. The Morgan fingerprint density at radius 1 is 1.36 bits per heavy atom. The maximum absolute atomic E-state index is 13.8. The number of halogens is 1. The van der Waals surface area contributed by atoms with Crippen molar-refractivity contribution in [2.24, 2.45) is 0 Å². The molecule has 1 amide bonds. The summed E-state index contributed by atoms with van der Waals surface area (Å²) < 4.78 is 25.1. The molecule has 0 spiro atoms. The van der Waals surface area contributed by atoms with Crippen molar-refractivity contribution in [1.82, 2.24) is 20.2 Å². The fourth-order valence-corrected chi connectivity index (χ4v) is 5.14. The minimum atomic E-state index is -0.371. The molecule has 11 heteroatoms. The largest absolute Gasteiger partial charge is 0.496 e. The van der Waals surface area contributed by atoms with Crippen molar-refractivity contribution in [3.8, 4) is 16.9 Å². The van der Waals surface area contributed by atoms with Crippen LogP contribution in [0.2, 0.25) is 0 Å². The van der Waals surface area contributed by atoms with E-state index in [4.69, 9.17) is 19.9 Å². The highest BCUT2D eigenvalue weighted by Gasteiger charge is 2.23. The van der Waals surface area contributed by atoms with Gasteiger partial charge >= 0.3 is 6.09 Å². The number of aromatic nitrogens is 2. The van der Waals surface area contributed by atoms with Gasteiger partial charge in [-0.3, -0.25) is 0 Å². The number of amides is 1. The molecule has 36 heavy (non-hydrogen) atoms. The lowest BCUT2D eigenvalue weighted by molar-refractivity contribution is 0.0960. The number of benzene rings is 1. The lowest BCUT2D eigenvalue weighted by Gasteiger charge is -2.31. The fraction of sp³-hybridized carbons (Fsp3) is 0.360. The molecule has 0 radical (unpaired) electrons. The number of thiophene rings is 1. The number of carbonyl (C=O) groups is 1. The van der Waals surface area contributed by atoms with Gasteiger partial charge in [0.2, 0.25) is 5.95 Å². The summed E-state index contributed by atoms with van der Waals surface area (Å²) >= 11 is 1.55. The number of piperidine rings is 1. The van der Waals surface area contributed by atoms with E-state index in [1.165, 1.54) is 25.5 Å². The molecule has 1 aliphatic rings. The Labute approximate surface area is 212 Å². The average Bonchev–Trinajstić information content (AvgIpc) is 3.21. The monoisotopic (exact) mass is 512 g/mol. The third kappa shape index (κ3) is 5.56. The van der Waals surface area contributed by atoms with E-state index in [1.54, 1.807) is 41.6 Å². The van der Waals surface area contributed by atoms with Crippen LogP contribution in [-0.4, -0.2) is 60.0 Å². The summed E-state index contributed by atoms with van der Waals surface area (Å²) in [5.41, 5.74) is 2.84. The molecule has 1 saturated heterocycles. The number of nitrogens with zero attached hydrogens (tertiary/aromatic N) is 3. The lowest BCUT2D eigenvalue weighted by atomic mass is 10.0. The van der Waals surface area contributed by atoms with E-state index >= 15 is 0 Å². The molecule has 0 unspecified atom stereocenters. The molecule has 0 bridgehead atoms. The molecule has 1 fully saturated rings. The van der Waals surface area contributed by atoms with Gasteiger partial charge in [0.05, 0.1) is 35.8 Å². The van der Waals surface area contributed by atoms with Crippen molar-refractivity contribution in [2.75, 3.05) is 32.1 Å². The van der Waals surface area contributed by atoms with Crippen LogP contribution in [0.5, 0.6) is 5.75 Å². The molecular weight excluding hydrogens is 483 g/mol. The summed E-state index contributed by atoms with van der Waals surface area (Å²) in [5.74, 6) is 0.408. The summed E-state index contributed by atoms with van der Waals surface area (Å²) in [6, 6.07) is 4.63. The summed E-state index contributed by atoms with van der Waals surface area (Å²) in [4.78, 5) is 23.7. The second-order valence-electron chi connectivity index (χ2n) is 8.28. The summed E-state index contributed by atoms with van der Waals surface area (Å²) in [7, 11) is 1.51. The van der Waals surface area contributed by atoms with Gasteiger partial charge in [0, 0.05) is 53.6 Å². The highest BCUT2D eigenvalue weighted by Crippen LogP contribution is 2.41. The number of aryl methyl sites for hydroxylation is 1. The van der Waals surface area contributed by atoms with Gasteiger partial charge in [0.25, 0.3) is 0 Å². The SMILES string of the molecule is CCOC(=O)N1CCC(N/C=C(\C=N)Nc2ncc3sc(C)c(-c4ccc(F)cc4OC)c3n2)CC1. The van der Waals surface area contributed by atoms with E-state index in [0.29, 0.717) is 37.1 Å². The van der Waals surface area contributed by atoms with Crippen LogP contribution in [0.4, 0.5) is 15.1 Å². The molecule has 0 atom stereocenters. The Morgan fingerprint density at radius 3 is 2.83 bits per heavy atom. The van der Waals surface area contributed by atoms with Crippen molar-refractivity contribution >= 4 is 39.8 Å². The molecular formula is C25H29FN6O3S. The van der Waals surface area contributed by atoms with E-state index < -0.39 is 0 Å². The van der Waals surface area contributed by atoms with Crippen LogP contribution < -0.4 is 15.4 Å². The number of allylic oxidation sites excluding steroid dienone is 1. The van der Waals surface area contributed by atoms with Crippen molar-refractivity contribution in [3.05, 3.63) is 47.0 Å². The Kier molecular flexibility index (Phi) is 7.99. The first-order valence-corrected chi connectivity index (χ1v) is 12.5. The standard InChI is InChI=1S/C25H29FN6O3S/c1-4-35-25(33)32-9-7-17(8-10-32)28-13-18(12-27)30-24-29-14-21-23(31-24)22(15(2)36-21)19-6-5-16(26)11-20(19)34-3/h5-6,11-14,17,27-28H,4,7-10H2,1-3H3,(H,29,30,31)/b18-13+,27-12?. The number of hydrogen-bond donors (Lipinski definition) is 3. The first-order chi connectivity index (χ1) is 17.4. The number of nitrogens with one attached hydrogen (secondary N) is 3. The Hall–Kier alpha value is -3.73. The van der Waals surface area contributed by atoms with E-state index in [1.807, 2.05) is 6.92 Å². The van der Waals surface area contributed by atoms with Crippen molar-refractivity contribution < 1.29 is 18.7 Å². The molecule has 3 N–H and O–H groups in total. The van der Waals surface area contributed by atoms with Crippen LogP contribution >= 0.6 is 11.3 Å². The first kappa shape index (κ1) is 25.4. The smallest absolute Gasteiger partial charge is 0.409 e. The lowest BCUT2D eigenvalue weighted by Crippen LogP contribution is -2.44. The normalized spacial score (nSPS) is 14.6.